The van der Waals surface area contributed by atoms with Crippen molar-refractivity contribution in [3.63, 3.8) is 0 Å². The van der Waals surface area contributed by atoms with Crippen molar-refractivity contribution < 1.29 is 4.74 Å². The van der Waals surface area contributed by atoms with E-state index in [1.54, 1.807) is 18.0 Å². The lowest BCUT2D eigenvalue weighted by atomic mass is 10.3. The van der Waals surface area contributed by atoms with Crippen molar-refractivity contribution >= 4 is 11.6 Å². The molecule has 0 atom stereocenters. The van der Waals surface area contributed by atoms with Gasteiger partial charge in [0.25, 0.3) is 0 Å². The third-order valence-corrected chi connectivity index (χ3v) is 2.41. The van der Waals surface area contributed by atoms with Crippen LogP contribution in [0.25, 0.3) is 5.69 Å². The summed E-state index contributed by atoms with van der Waals surface area (Å²) in [7, 11) is 1.66. The number of rotatable bonds is 3. The van der Waals surface area contributed by atoms with Crippen molar-refractivity contribution in [2.45, 2.75) is 6.61 Å². The fraction of sp³-hybridized carbons (Fsp3) is 0.182. The van der Waals surface area contributed by atoms with Gasteiger partial charge in [-0.1, -0.05) is 23.7 Å². The Bertz CT molecular complexity index is 453. The number of para-hydroxylation sites is 1. The highest BCUT2D eigenvalue weighted by molar-refractivity contribution is 6.32. The van der Waals surface area contributed by atoms with E-state index in [-0.39, 0.29) is 0 Å². The Morgan fingerprint density at radius 1 is 1.33 bits per heavy atom. The molecule has 3 nitrogen and oxygen atoms in total. The van der Waals surface area contributed by atoms with Gasteiger partial charge in [0.15, 0.2) is 0 Å². The number of halogens is 1. The van der Waals surface area contributed by atoms with Crippen LogP contribution in [0.15, 0.2) is 36.5 Å². The maximum absolute atomic E-state index is 6.09. The highest BCUT2D eigenvalue weighted by atomic mass is 35.5. The maximum Gasteiger partial charge on any atom is 0.0885 e. The molecule has 0 aliphatic rings. The van der Waals surface area contributed by atoms with Gasteiger partial charge in [0, 0.05) is 13.3 Å². The first-order valence-electron chi connectivity index (χ1n) is 4.59. The molecule has 0 radical (unpaired) electrons. The van der Waals surface area contributed by atoms with Crippen LogP contribution < -0.4 is 0 Å². The van der Waals surface area contributed by atoms with Crippen molar-refractivity contribution in [2.75, 3.05) is 7.11 Å². The van der Waals surface area contributed by atoms with E-state index in [9.17, 15) is 0 Å². The summed E-state index contributed by atoms with van der Waals surface area (Å²) in [5, 5.41) is 4.90. The summed E-state index contributed by atoms with van der Waals surface area (Å²) in [4.78, 5) is 0. The van der Waals surface area contributed by atoms with Gasteiger partial charge in [-0.05, 0) is 18.2 Å². The number of nitrogens with zero attached hydrogens (tertiary/aromatic N) is 2. The molecule has 0 spiro atoms. The van der Waals surface area contributed by atoms with Crippen LogP contribution in [0, 0.1) is 0 Å². The average Bonchev–Trinajstić information content (AvgIpc) is 2.67. The van der Waals surface area contributed by atoms with E-state index in [0.29, 0.717) is 11.6 Å². The second-order valence-electron chi connectivity index (χ2n) is 3.12. The summed E-state index contributed by atoms with van der Waals surface area (Å²) in [6.07, 6.45) is 1.73. The lowest BCUT2D eigenvalue weighted by Crippen LogP contribution is -2.03. The zero-order chi connectivity index (χ0) is 10.7. The standard InChI is InChI=1S/C11H11ClN2O/c1-15-8-9-6-7-13-14(9)11-5-3-2-4-10(11)12/h2-7H,8H2,1H3. The minimum atomic E-state index is 0.519. The van der Waals surface area contributed by atoms with Crippen molar-refractivity contribution in [3.05, 3.63) is 47.2 Å². The molecule has 1 heterocycles. The van der Waals surface area contributed by atoms with E-state index in [4.69, 9.17) is 16.3 Å². The summed E-state index contributed by atoms with van der Waals surface area (Å²) < 4.78 is 6.87. The molecule has 0 fully saturated rings. The predicted octanol–water partition coefficient (Wildman–Crippen LogP) is 2.67. The first-order valence-corrected chi connectivity index (χ1v) is 4.97. The Hall–Kier alpha value is -1.32. The molecule has 4 heteroatoms. The lowest BCUT2D eigenvalue weighted by Gasteiger charge is -2.07. The van der Waals surface area contributed by atoms with Gasteiger partial charge in [0.05, 0.1) is 23.0 Å². The molecule has 0 bridgehead atoms. The fourth-order valence-corrected chi connectivity index (χ4v) is 1.64. The monoisotopic (exact) mass is 222 g/mol. The maximum atomic E-state index is 6.09. The van der Waals surface area contributed by atoms with Crippen molar-refractivity contribution in [2.24, 2.45) is 0 Å². The van der Waals surface area contributed by atoms with Crippen LogP contribution in [-0.4, -0.2) is 16.9 Å². The third-order valence-electron chi connectivity index (χ3n) is 2.09. The SMILES string of the molecule is COCc1ccnn1-c1ccccc1Cl. The van der Waals surface area contributed by atoms with Crippen LogP contribution in [0.3, 0.4) is 0 Å². The number of aromatic nitrogens is 2. The summed E-state index contributed by atoms with van der Waals surface area (Å²) in [5.74, 6) is 0. The molecule has 2 aromatic rings. The number of benzene rings is 1. The normalized spacial score (nSPS) is 10.5. The smallest absolute Gasteiger partial charge is 0.0885 e. The third kappa shape index (κ3) is 2.03. The van der Waals surface area contributed by atoms with E-state index >= 15 is 0 Å². The quantitative estimate of drug-likeness (QED) is 0.799. The Labute approximate surface area is 93.2 Å². The van der Waals surface area contributed by atoms with E-state index in [2.05, 4.69) is 5.10 Å². The number of hydrogen-bond donors (Lipinski definition) is 0. The van der Waals surface area contributed by atoms with Gasteiger partial charge >= 0.3 is 0 Å². The van der Waals surface area contributed by atoms with E-state index in [1.165, 1.54) is 0 Å². The minimum absolute atomic E-state index is 0.519. The van der Waals surface area contributed by atoms with Crippen LogP contribution >= 0.6 is 11.6 Å². The number of ether oxygens (including phenoxy) is 1. The molecular formula is C11H11ClN2O. The Morgan fingerprint density at radius 2 is 2.13 bits per heavy atom. The summed E-state index contributed by atoms with van der Waals surface area (Å²) in [6, 6.07) is 9.50. The molecule has 78 valence electrons. The van der Waals surface area contributed by atoms with Gasteiger partial charge < -0.3 is 4.74 Å². The predicted molar refractivity (Wildman–Crippen MR) is 59.3 cm³/mol. The summed E-state index contributed by atoms with van der Waals surface area (Å²) >= 11 is 6.09. The van der Waals surface area contributed by atoms with Crippen LogP contribution in [0.2, 0.25) is 5.02 Å². The molecule has 0 unspecified atom stereocenters. The second-order valence-corrected chi connectivity index (χ2v) is 3.53. The van der Waals surface area contributed by atoms with Crippen molar-refractivity contribution in [3.8, 4) is 5.69 Å². The fourth-order valence-electron chi connectivity index (χ4n) is 1.43. The zero-order valence-corrected chi connectivity index (χ0v) is 9.11. The summed E-state index contributed by atoms with van der Waals surface area (Å²) in [6.45, 7) is 0.519. The number of hydrogen-bond acceptors (Lipinski definition) is 2. The van der Waals surface area contributed by atoms with Gasteiger partial charge in [0.1, 0.15) is 0 Å². The topological polar surface area (TPSA) is 27.1 Å². The molecule has 0 aliphatic heterocycles. The molecule has 0 saturated heterocycles. The number of methoxy groups -OCH3 is 1. The highest BCUT2D eigenvalue weighted by Crippen LogP contribution is 2.20. The molecule has 0 amide bonds. The van der Waals surface area contributed by atoms with Crippen LogP contribution in [-0.2, 0) is 11.3 Å². The van der Waals surface area contributed by atoms with E-state index in [1.807, 2.05) is 30.3 Å². The van der Waals surface area contributed by atoms with Gasteiger partial charge in [0.2, 0.25) is 0 Å². The van der Waals surface area contributed by atoms with Crippen molar-refractivity contribution in [1.82, 2.24) is 9.78 Å². The minimum Gasteiger partial charge on any atom is -0.378 e. The lowest BCUT2D eigenvalue weighted by molar-refractivity contribution is 0.179. The van der Waals surface area contributed by atoms with Crippen molar-refractivity contribution in [1.29, 1.82) is 0 Å². The molecule has 1 aromatic carbocycles. The highest BCUT2D eigenvalue weighted by Gasteiger charge is 2.06. The Kier molecular flexibility index (Phi) is 3.04. The zero-order valence-electron chi connectivity index (χ0n) is 8.35. The van der Waals surface area contributed by atoms with E-state index < -0.39 is 0 Å². The second kappa shape index (κ2) is 4.47. The summed E-state index contributed by atoms with van der Waals surface area (Å²) in [5.41, 5.74) is 1.85. The largest absolute Gasteiger partial charge is 0.378 e. The van der Waals surface area contributed by atoms with Gasteiger partial charge in [-0.15, -0.1) is 0 Å². The molecule has 1 aromatic heterocycles. The molecule has 0 N–H and O–H groups in total. The van der Waals surface area contributed by atoms with Gasteiger partial charge in [-0.2, -0.15) is 5.10 Å². The average molecular weight is 223 g/mol. The molecule has 2 rings (SSSR count). The molecule has 0 saturated carbocycles. The Balaban J connectivity index is 2.45. The molecule has 0 aliphatic carbocycles. The first kappa shape index (κ1) is 10.2. The van der Waals surface area contributed by atoms with Crippen LogP contribution in [0.4, 0.5) is 0 Å². The van der Waals surface area contributed by atoms with E-state index in [0.717, 1.165) is 11.4 Å². The van der Waals surface area contributed by atoms with Crippen LogP contribution in [0.1, 0.15) is 5.69 Å². The van der Waals surface area contributed by atoms with Crippen LogP contribution in [0.5, 0.6) is 0 Å². The Morgan fingerprint density at radius 3 is 2.87 bits per heavy atom. The van der Waals surface area contributed by atoms with Gasteiger partial charge in [-0.3, -0.25) is 0 Å². The van der Waals surface area contributed by atoms with Gasteiger partial charge in [-0.25, -0.2) is 4.68 Å². The first-order chi connectivity index (χ1) is 7.33. The molecule has 15 heavy (non-hydrogen) atoms. The molecular weight excluding hydrogens is 212 g/mol.